The molecule has 1 fully saturated rings. The Hall–Kier alpha value is -2.83. The summed E-state index contributed by atoms with van der Waals surface area (Å²) in [5.74, 6) is -0.827. The lowest BCUT2D eigenvalue weighted by atomic mass is 9.87. The van der Waals surface area contributed by atoms with Crippen LogP contribution in [0, 0.1) is 5.92 Å². The van der Waals surface area contributed by atoms with Crippen molar-refractivity contribution in [2.75, 3.05) is 7.11 Å². The number of ether oxygens (including phenoxy) is 2. The molecule has 7 heteroatoms. The van der Waals surface area contributed by atoms with E-state index in [1.807, 2.05) is 6.92 Å². The first-order chi connectivity index (χ1) is 14.5. The van der Waals surface area contributed by atoms with E-state index in [4.69, 9.17) is 9.47 Å². The van der Waals surface area contributed by atoms with Crippen molar-refractivity contribution in [1.29, 1.82) is 0 Å². The molecule has 1 aromatic heterocycles. The first kappa shape index (κ1) is 21.9. The monoisotopic (exact) mass is 414 g/mol. The van der Waals surface area contributed by atoms with Gasteiger partial charge in [0, 0.05) is 12.3 Å². The van der Waals surface area contributed by atoms with Gasteiger partial charge in [-0.2, -0.15) is 0 Å². The van der Waals surface area contributed by atoms with Crippen LogP contribution in [0.5, 0.6) is 11.5 Å². The Labute approximate surface area is 177 Å². The van der Waals surface area contributed by atoms with Crippen molar-refractivity contribution in [3.63, 3.8) is 0 Å². The number of carbonyl (C=O) groups is 2. The minimum Gasteiger partial charge on any atom is -0.503 e. The molecule has 0 saturated carbocycles. The van der Waals surface area contributed by atoms with E-state index >= 15 is 0 Å². The number of cyclic esters (lactones) is 1. The first-order valence-corrected chi connectivity index (χ1v) is 10.6. The van der Waals surface area contributed by atoms with Crippen LogP contribution in [-0.2, 0) is 9.53 Å². The molecule has 162 valence electrons. The molecule has 2 heterocycles. The second kappa shape index (κ2) is 10.3. The number of hydrogen-bond donors (Lipinski definition) is 2. The Morgan fingerprint density at radius 3 is 2.97 bits per heavy atom. The topological polar surface area (TPSA) is 97.8 Å². The summed E-state index contributed by atoms with van der Waals surface area (Å²) in [5, 5.41) is 12.8. The molecule has 1 amide bonds. The molecule has 2 aliphatic rings. The number of hydrogen-bond acceptors (Lipinski definition) is 6. The predicted octanol–water partition coefficient (Wildman–Crippen LogP) is 3.68. The van der Waals surface area contributed by atoms with Gasteiger partial charge in [-0.15, -0.1) is 0 Å². The van der Waals surface area contributed by atoms with E-state index in [1.54, 1.807) is 0 Å². The van der Waals surface area contributed by atoms with Crippen LogP contribution >= 0.6 is 0 Å². The van der Waals surface area contributed by atoms with E-state index in [-0.39, 0.29) is 23.3 Å². The summed E-state index contributed by atoms with van der Waals surface area (Å²) >= 11 is 0. The molecular formula is C23H30N2O5. The maximum atomic E-state index is 12.6. The number of nitrogens with one attached hydrogen (secondary N) is 1. The summed E-state index contributed by atoms with van der Waals surface area (Å²) in [7, 11) is 1.39. The normalized spacial score (nSPS) is 24.7. The number of pyridine rings is 1. The van der Waals surface area contributed by atoms with Crippen molar-refractivity contribution < 1.29 is 24.2 Å². The van der Waals surface area contributed by atoms with Gasteiger partial charge >= 0.3 is 5.97 Å². The number of aromatic hydroxyl groups is 1. The van der Waals surface area contributed by atoms with Crippen LogP contribution in [0.4, 0.5) is 0 Å². The number of aromatic nitrogens is 1. The van der Waals surface area contributed by atoms with E-state index in [2.05, 4.69) is 28.5 Å². The van der Waals surface area contributed by atoms with Gasteiger partial charge in [0.2, 0.25) is 0 Å². The summed E-state index contributed by atoms with van der Waals surface area (Å²) in [5.41, 5.74) is 1.27. The lowest BCUT2D eigenvalue weighted by Crippen LogP contribution is -2.42. The number of rotatable bonds is 5. The molecule has 3 atom stereocenters. The number of nitrogens with zero attached hydrogens (tertiary/aromatic N) is 1. The number of methoxy groups -OCH3 is 1. The van der Waals surface area contributed by atoms with Crippen LogP contribution in [-0.4, -0.2) is 41.2 Å². The van der Waals surface area contributed by atoms with Gasteiger partial charge in [0.1, 0.15) is 6.04 Å². The van der Waals surface area contributed by atoms with Crippen LogP contribution < -0.4 is 10.1 Å². The molecule has 3 rings (SSSR count). The fourth-order valence-electron chi connectivity index (χ4n) is 4.15. The molecule has 30 heavy (non-hydrogen) atoms. The third kappa shape index (κ3) is 5.62. The van der Waals surface area contributed by atoms with E-state index in [0.717, 1.165) is 38.5 Å². The molecular weight excluding hydrogens is 384 g/mol. The highest BCUT2D eigenvalue weighted by Gasteiger charge is 2.29. The van der Waals surface area contributed by atoms with Crippen molar-refractivity contribution in [2.24, 2.45) is 5.92 Å². The third-order valence-electron chi connectivity index (χ3n) is 5.65. The van der Waals surface area contributed by atoms with Crippen LogP contribution in [0.1, 0.15) is 62.4 Å². The Morgan fingerprint density at radius 1 is 1.40 bits per heavy atom. The lowest BCUT2D eigenvalue weighted by Gasteiger charge is -2.22. The second-order valence-corrected chi connectivity index (χ2v) is 8.01. The zero-order valence-electron chi connectivity index (χ0n) is 17.6. The largest absolute Gasteiger partial charge is 0.503 e. The fourth-order valence-corrected chi connectivity index (χ4v) is 4.15. The van der Waals surface area contributed by atoms with Crippen LogP contribution in [0.3, 0.4) is 0 Å². The van der Waals surface area contributed by atoms with Gasteiger partial charge < -0.3 is 19.9 Å². The number of carbonyl (C=O) groups excluding carboxylic acids is 2. The summed E-state index contributed by atoms with van der Waals surface area (Å²) < 4.78 is 10.6. The van der Waals surface area contributed by atoms with Gasteiger partial charge in [-0.1, -0.05) is 30.2 Å². The highest BCUT2D eigenvalue weighted by Crippen LogP contribution is 2.30. The second-order valence-electron chi connectivity index (χ2n) is 8.01. The molecule has 3 unspecified atom stereocenters. The van der Waals surface area contributed by atoms with E-state index in [0.29, 0.717) is 12.3 Å². The molecule has 1 aliphatic carbocycles. The van der Waals surface area contributed by atoms with Crippen LogP contribution in [0.2, 0.25) is 0 Å². The quantitative estimate of drug-likeness (QED) is 0.713. The van der Waals surface area contributed by atoms with Crippen molar-refractivity contribution in [3.8, 4) is 11.5 Å². The van der Waals surface area contributed by atoms with Crippen LogP contribution in [0.25, 0.3) is 0 Å². The molecule has 7 nitrogen and oxygen atoms in total. The Balaban J connectivity index is 1.65. The van der Waals surface area contributed by atoms with E-state index in [1.165, 1.54) is 24.9 Å². The van der Waals surface area contributed by atoms with Crippen molar-refractivity contribution in [2.45, 2.75) is 64.0 Å². The molecule has 0 bridgehead atoms. The average molecular weight is 415 g/mol. The average Bonchev–Trinajstić information content (AvgIpc) is 2.78. The third-order valence-corrected chi connectivity index (χ3v) is 5.65. The van der Waals surface area contributed by atoms with Gasteiger partial charge in [-0.05, 0) is 51.4 Å². The Kier molecular flexibility index (Phi) is 7.49. The SMILES string of the molecule is COc1ccnc(C(=O)NC2CCCC(CC3=CC=CCC3)CC(C)OC2=O)c1O. The molecule has 1 saturated heterocycles. The molecule has 0 spiro atoms. The van der Waals surface area contributed by atoms with Crippen molar-refractivity contribution in [3.05, 3.63) is 41.8 Å². The molecule has 1 aliphatic heterocycles. The van der Waals surface area contributed by atoms with Crippen LogP contribution in [0.15, 0.2) is 36.1 Å². The maximum absolute atomic E-state index is 12.6. The summed E-state index contributed by atoms with van der Waals surface area (Å²) in [6, 6.07) is 0.683. The van der Waals surface area contributed by atoms with Crippen molar-refractivity contribution >= 4 is 11.9 Å². The zero-order chi connectivity index (χ0) is 21.5. The van der Waals surface area contributed by atoms with Crippen molar-refractivity contribution in [1.82, 2.24) is 10.3 Å². The molecule has 1 aromatic rings. The number of allylic oxidation sites excluding steroid dienone is 4. The standard InChI is InChI=1S/C23H30N2O5/c1-15-13-17(14-16-7-4-3-5-8-16)9-6-10-18(23(28)30-15)25-22(27)20-21(26)19(29-2)11-12-24-20/h3-4,7,11-12,15,17-18,26H,5-6,8-10,13-14H2,1-2H3,(H,25,27). The minimum atomic E-state index is -0.775. The highest BCUT2D eigenvalue weighted by atomic mass is 16.5. The molecule has 0 radical (unpaired) electrons. The van der Waals surface area contributed by atoms with Gasteiger partial charge in [-0.3, -0.25) is 4.79 Å². The van der Waals surface area contributed by atoms with Gasteiger partial charge in [0.05, 0.1) is 13.2 Å². The number of amides is 1. The minimum absolute atomic E-state index is 0.149. The smallest absolute Gasteiger partial charge is 0.328 e. The van der Waals surface area contributed by atoms with E-state index in [9.17, 15) is 14.7 Å². The fraction of sp³-hybridized carbons (Fsp3) is 0.522. The lowest BCUT2D eigenvalue weighted by molar-refractivity contribution is -0.151. The Bertz CT molecular complexity index is 833. The Morgan fingerprint density at radius 2 is 2.23 bits per heavy atom. The van der Waals surface area contributed by atoms with Gasteiger partial charge in [-0.25, -0.2) is 9.78 Å². The molecule has 2 N–H and O–H groups in total. The van der Waals surface area contributed by atoms with E-state index < -0.39 is 17.9 Å². The van der Waals surface area contributed by atoms with Gasteiger partial charge in [0.15, 0.2) is 17.2 Å². The highest BCUT2D eigenvalue weighted by molar-refractivity contribution is 5.97. The summed E-state index contributed by atoms with van der Waals surface area (Å²) in [4.78, 5) is 29.2. The number of esters is 1. The first-order valence-electron chi connectivity index (χ1n) is 10.6. The molecule has 0 aromatic carbocycles. The van der Waals surface area contributed by atoms with Gasteiger partial charge in [0.25, 0.3) is 5.91 Å². The predicted molar refractivity (Wildman–Crippen MR) is 112 cm³/mol. The summed E-state index contributed by atoms with van der Waals surface area (Å²) in [6.07, 6.45) is 13.9. The maximum Gasteiger partial charge on any atom is 0.328 e. The zero-order valence-corrected chi connectivity index (χ0v) is 17.6. The summed E-state index contributed by atoms with van der Waals surface area (Å²) in [6.45, 7) is 1.90.